The van der Waals surface area contributed by atoms with Crippen LogP contribution in [-0.4, -0.2) is 16.3 Å². The van der Waals surface area contributed by atoms with Crippen molar-refractivity contribution in [2.45, 2.75) is 25.3 Å². The van der Waals surface area contributed by atoms with Gasteiger partial charge in [0.15, 0.2) is 0 Å². The molecular formula is C20H22N2O2. The van der Waals surface area contributed by atoms with Crippen LogP contribution in [0.5, 0.6) is 11.5 Å². The first-order valence-electron chi connectivity index (χ1n) is 8.13. The van der Waals surface area contributed by atoms with E-state index in [1.54, 1.807) is 24.3 Å². The van der Waals surface area contributed by atoms with Crippen LogP contribution < -0.4 is 11.3 Å². The summed E-state index contributed by atoms with van der Waals surface area (Å²) in [6, 6.07) is 14.5. The molecule has 1 aliphatic rings. The van der Waals surface area contributed by atoms with E-state index in [1.807, 2.05) is 36.4 Å². The van der Waals surface area contributed by atoms with E-state index in [9.17, 15) is 10.2 Å². The monoisotopic (exact) mass is 322 g/mol. The standard InChI is InChI=1S/C20H22N2O2/c21-22-18-9-5-8-14(12-15-6-1-3-10-19(15)23)17(18)13-16-7-2-4-11-20(16)24/h1-4,6-7,10-13,18,22-24H,5,8-9,21H2. The first kappa shape index (κ1) is 16.3. The van der Waals surface area contributed by atoms with E-state index in [1.165, 1.54) is 0 Å². The highest BCUT2D eigenvalue weighted by molar-refractivity contribution is 5.71. The number of rotatable bonds is 3. The van der Waals surface area contributed by atoms with Gasteiger partial charge in [-0.05, 0) is 54.7 Å². The molecule has 0 aliphatic heterocycles. The molecule has 2 aromatic rings. The van der Waals surface area contributed by atoms with Crippen LogP contribution in [0.4, 0.5) is 0 Å². The molecule has 1 aliphatic carbocycles. The van der Waals surface area contributed by atoms with Crippen LogP contribution in [0.3, 0.4) is 0 Å². The molecule has 0 saturated heterocycles. The number of phenols is 2. The fourth-order valence-electron chi connectivity index (χ4n) is 3.12. The van der Waals surface area contributed by atoms with Gasteiger partial charge in [-0.1, -0.05) is 36.4 Å². The summed E-state index contributed by atoms with van der Waals surface area (Å²) in [4.78, 5) is 0. The van der Waals surface area contributed by atoms with Gasteiger partial charge in [0.05, 0.1) is 0 Å². The van der Waals surface area contributed by atoms with Crippen molar-refractivity contribution in [2.24, 2.45) is 5.84 Å². The third-order valence-electron chi connectivity index (χ3n) is 4.40. The van der Waals surface area contributed by atoms with Gasteiger partial charge in [0.25, 0.3) is 0 Å². The SMILES string of the molecule is NNC1CCCC(=Cc2ccccc2O)C1=Cc1ccccc1O. The number of hydrogen-bond acceptors (Lipinski definition) is 4. The zero-order valence-corrected chi connectivity index (χ0v) is 13.4. The molecule has 0 amide bonds. The fourth-order valence-corrected chi connectivity index (χ4v) is 3.12. The van der Waals surface area contributed by atoms with E-state index in [0.29, 0.717) is 0 Å². The van der Waals surface area contributed by atoms with Crippen LogP contribution in [0.15, 0.2) is 59.7 Å². The molecule has 4 heteroatoms. The Kier molecular flexibility index (Phi) is 4.99. The van der Waals surface area contributed by atoms with E-state index < -0.39 is 0 Å². The average molecular weight is 322 g/mol. The second-order valence-corrected chi connectivity index (χ2v) is 6.00. The molecule has 2 aromatic carbocycles. The summed E-state index contributed by atoms with van der Waals surface area (Å²) >= 11 is 0. The van der Waals surface area contributed by atoms with Crippen molar-refractivity contribution in [1.29, 1.82) is 0 Å². The van der Waals surface area contributed by atoms with Gasteiger partial charge < -0.3 is 10.2 Å². The second kappa shape index (κ2) is 7.34. The molecule has 1 saturated carbocycles. The Bertz CT molecular complexity index is 781. The van der Waals surface area contributed by atoms with Gasteiger partial charge in [-0.3, -0.25) is 11.3 Å². The molecule has 24 heavy (non-hydrogen) atoms. The molecule has 1 fully saturated rings. The number of hydrogen-bond donors (Lipinski definition) is 4. The normalized spacial score (nSPS) is 21.3. The molecule has 1 atom stereocenters. The molecule has 124 valence electrons. The Morgan fingerprint density at radius 1 is 0.917 bits per heavy atom. The predicted octanol–water partition coefficient (Wildman–Crippen LogP) is 3.58. The third-order valence-corrected chi connectivity index (χ3v) is 4.40. The van der Waals surface area contributed by atoms with E-state index in [4.69, 9.17) is 5.84 Å². The Balaban J connectivity index is 2.06. The third kappa shape index (κ3) is 3.50. The highest BCUT2D eigenvalue weighted by Crippen LogP contribution is 2.34. The first-order valence-corrected chi connectivity index (χ1v) is 8.13. The van der Waals surface area contributed by atoms with Crippen LogP contribution in [0, 0.1) is 0 Å². The molecular weight excluding hydrogens is 300 g/mol. The Morgan fingerprint density at radius 3 is 2.08 bits per heavy atom. The number of para-hydroxylation sites is 2. The van der Waals surface area contributed by atoms with Gasteiger partial charge in [0.1, 0.15) is 11.5 Å². The number of phenolic OH excluding ortho intramolecular Hbond substituents is 2. The lowest BCUT2D eigenvalue weighted by atomic mass is 9.83. The minimum atomic E-state index is 0.0236. The minimum Gasteiger partial charge on any atom is -0.507 e. The highest BCUT2D eigenvalue weighted by atomic mass is 16.3. The van der Waals surface area contributed by atoms with Crippen molar-refractivity contribution < 1.29 is 10.2 Å². The largest absolute Gasteiger partial charge is 0.507 e. The van der Waals surface area contributed by atoms with Gasteiger partial charge in [-0.15, -0.1) is 0 Å². The summed E-state index contributed by atoms with van der Waals surface area (Å²) in [5.41, 5.74) is 6.59. The van der Waals surface area contributed by atoms with Crippen molar-refractivity contribution in [3.05, 3.63) is 70.8 Å². The lowest BCUT2D eigenvalue weighted by Crippen LogP contribution is -2.38. The number of benzene rings is 2. The summed E-state index contributed by atoms with van der Waals surface area (Å²) in [5.74, 6) is 6.24. The Labute approximate surface area is 141 Å². The summed E-state index contributed by atoms with van der Waals surface area (Å²) in [6.07, 6.45) is 6.85. The lowest BCUT2D eigenvalue weighted by Gasteiger charge is -2.28. The number of hydrazine groups is 1. The lowest BCUT2D eigenvalue weighted by molar-refractivity contribution is 0.472. The van der Waals surface area contributed by atoms with Gasteiger partial charge in [0.2, 0.25) is 0 Å². The van der Waals surface area contributed by atoms with E-state index in [0.717, 1.165) is 41.5 Å². The van der Waals surface area contributed by atoms with Crippen LogP contribution in [0.1, 0.15) is 30.4 Å². The molecule has 5 N–H and O–H groups in total. The molecule has 1 unspecified atom stereocenters. The molecule has 0 bridgehead atoms. The van der Waals surface area contributed by atoms with Gasteiger partial charge in [-0.25, -0.2) is 0 Å². The maximum absolute atomic E-state index is 10.1. The van der Waals surface area contributed by atoms with Gasteiger partial charge in [0, 0.05) is 17.2 Å². The number of nitrogens with two attached hydrogens (primary N) is 1. The van der Waals surface area contributed by atoms with Gasteiger partial charge in [-0.2, -0.15) is 0 Å². The fraction of sp³-hybridized carbons (Fsp3) is 0.200. The maximum atomic E-state index is 10.1. The number of nitrogens with one attached hydrogen (secondary N) is 1. The number of aromatic hydroxyl groups is 2. The van der Waals surface area contributed by atoms with Crippen LogP contribution in [0.25, 0.3) is 12.2 Å². The first-order chi connectivity index (χ1) is 11.7. The van der Waals surface area contributed by atoms with Crippen molar-refractivity contribution in [3.63, 3.8) is 0 Å². The van der Waals surface area contributed by atoms with E-state index >= 15 is 0 Å². The predicted molar refractivity (Wildman–Crippen MR) is 97.1 cm³/mol. The molecule has 0 aromatic heterocycles. The van der Waals surface area contributed by atoms with Crippen molar-refractivity contribution >= 4 is 12.2 Å². The van der Waals surface area contributed by atoms with E-state index in [2.05, 4.69) is 5.43 Å². The second-order valence-electron chi connectivity index (χ2n) is 6.00. The topological polar surface area (TPSA) is 78.5 Å². The van der Waals surface area contributed by atoms with Crippen molar-refractivity contribution in [1.82, 2.24) is 5.43 Å². The quantitative estimate of drug-likeness (QED) is 0.514. The molecule has 3 rings (SSSR count). The zero-order chi connectivity index (χ0) is 16.9. The van der Waals surface area contributed by atoms with Crippen molar-refractivity contribution in [2.75, 3.05) is 0 Å². The Hall–Kier alpha value is -2.56. The van der Waals surface area contributed by atoms with Crippen LogP contribution in [-0.2, 0) is 0 Å². The summed E-state index contributed by atoms with van der Waals surface area (Å²) in [5, 5.41) is 20.1. The Morgan fingerprint density at radius 2 is 1.50 bits per heavy atom. The minimum absolute atomic E-state index is 0.0236. The molecule has 0 radical (unpaired) electrons. The molecule has 0 heterocycles. The zero-order valence-electron chi connectivity index (χ0n) is 13.4. The average Bonchev–Trinajstić information content (AvgIpc) is 2.60. The summed E-state index contributed by atoms with van der Waals surface area (Å²) in [6.45, 7) is 0. The van der Waals surface area contributed by atoms with Crippen LogP contribution >= 0.6 is 0 Å². The molecule has 4 nitrogen and oxygen atoms in total. The summed E-state index contributed by atoms with van der Waals surface area (Å²) in [7, 11) is 0. The summed E-state index contributed by atoms with van der Waals surface area (Å²) < 4.78 is 0. The highest BCUT2D eigenvalue weighted by Gasteiger charge is 2.22. The van der Waals surface area contributed by atoms with Gasteiger partial charge >= 0.3 is 0 Å². The maximum Gasteiger partial charge on any atom is 0.122 e. The van der Waals surface area contributed by atoms with E-state index in [-0.39, 0.29) is 17.5 Å². The molecule has 0 spiro atoms. The van der Waals surface area contributed by atoms with Crippen molar-refractivity contribution in [3.8, 4) is 11.5 Å². The smallest absolute Gasteiger partial charge is 0.122 e. The van der Waals surface area contributed by atoms with Crippen LogP contribution in [0.2, 0.25) is 0 Å².